The average Bonchev–Trinajstić information content (AvgIpc) is 2.74. The smallest absolute Gasteiger partial charge is 0.453 e. The van der Waals surface area contributed by atoms with Gasteiger partial charge < -0.3 is 9.15 Å². The van der Waals surface area contributed by atoms with Crippen molar-refractivity contribution in [2.24, 2.45) is 0 Å². The third kappa shape index (κ3) is 3.45. The number of aldehydes is 1. The maximum atomic E-state index is 12.2. The van der Waals surface area contributed by atoms with Crippen LogP contribution in [-0.4, -0.2) is 12.6 Å². The molecule has 0 atom stereocenters. The number of carbonyl (C=O) groups excluding carboxylic acids is 1. The maximum Gasteiger partial charge on any atom is 0.573 e. The minimum atomic E-state index is -4.79. The molecule has 0 saturated heterocycles. The lowest BCUT2D eigenvalue weighted by molar-refractivity contribution is -0.274. The zero-order valence-corrected chi connectivity index (χ0v) is 12.4. The molecule has 2 rings (SSSR count). The van der Waals surface area contributed by atoms with E-state index in [1.807, 2.05) is 22.6 Å². The fourth-order valence-corrected chi connectivity index (χ4v) is 2.85. The average molecular weight is 417 g/mol. The molecular weight excluding hydrogens is 411 g/mol. The van der Waals surface area contributed by atoms with E-state index in [2.05, 4.69) is 4.74 Å². The Kier molecular flexibility index (Phi) is 4.28. The number of halogens is 5. The molecule has 2 aromatic rings. The van der Waals surface area contributed by atoms with Gasteiger partial charge in [0.05, 0.1) is 5.02 Å². The van der Waals surface area contributed by atoms with Gasteiger partial charge in [0.1, 0.15) is 11.5 Å². The molecule has 0 bridgehead atoms. The topological polar surface area (TPSA) is 39.4 Å². The lowest BCUT2D eigenvalue weighted by Gasteiger charge is -2.11. The molecule has 0 aliphatic carbocycles. The van der Waals surface area contributed by atoms with E-state index in [4.69, 9.17) is 16.0 Å². The van der Waals surface area contributed by atoms with Crippen LogP contribution in [0.4, 0.5) is 13.2 Å². The highest BCUT2D eigenvalue weighted by Gasteiger charge is 2.31. The Morgan fingerprint density at radius 3 is 2.50 bits per heavy atom. The number of rotatable bonds is 3. The summed E-state index contributed by atoms with van der Waals surface area (Å²) in [6.07, 6.45) is -4.27. The normalized spacial score (nSPS) is 11.4. The van der Waals surface area contributed by atoms with Crippen molar-refractivity contribution in [3.8, 4) is 17.1 Å². The van der Waals surface area contributed by atoms with Gasteiger partial charge in [-0.2, -0.15) is 0 Å². The zero-order chi connectivity index (χ0) is 14.9. The number of hydrogen-bond donors (Lipinski definition) is 0. The number of furan rings is 1. The second-order valence-corrected chi connectivity index (χ2v) is 5.20. The molecule has 0 fully saturated rings. The van der Waals surface area contributed by atoms with Crippen molar-refractivity contribution < 1.29 is 27.1 Å². The van der Waals surface area contributed by atoms with Crippen LogP contribution in [0.3, 0.4) is 0 Å². The van der Waals surface area contributed by atoms with Gasteiger partial charge in [-0.25, -0.2) is 0 Å². The van der Waals surface area contributed by atoms with Gasteiger partial charge >= 0.3 is 6.36 Å². The molecule has 1 aromatic heterocycles. The first kappa shape index (κ1) is 15.2. The van der Waals surface area contributed by atoms with Crippen molar-refractivity contribution in [1.29, 1.82) is 0 Å². The highest BCUT2D eigenvalue weighted by molar-refractivity contribution is 14.1. The summed E-state index contributed by atoms with van der Waals surface area (Å²) >= 11 is 7.76. The van der Waals surface area contributed by atoms with Gasteiger partial charge in [0.15, 0.2) is 12.0 Å². The summed E-state index contributed by atoms with van der Waals surface area (Å²) in [4.78, 5) is 10.6. The Morgan fingerprint density at radius 2 is 2.00 bits per heavy atom. The van der Waals surface area contributed by atoms with Crippen molar-refractivity contribution in [3.05, 3.63) is 38.6 Å². The van der Waals surface area contributed by atoms with Gasteiger partial charge in [-0.05, 0) is 46.9 Å². The largest absolute Gasteiger partial charge is 0.573 e. The van der Waals surface area contributed by atoms with Crippen LogP contribution in [0.1, 0.15) is 10.6 Å². The summed E-state index contributed by atoms with van der Waals surface area (Å²) in [6.45, 7) is 0. The molecular formula is C12H5ClF3IO3. The second-order valence-electron chi connectivity index (χ2n) is 3.63. The molecule has 1 aromatic carbocycles. The predicted molar refractivity (Wildman–Crippen MR) is 73.9 cm³/mol. The van der Waals surface area contributed by atoms with Crippen molar-refractivity contribution in [3.63, 3.8) is 0 Å². The van der Waals surface area contributed by atoms with Crippen LogP contribution >= 0.6 is 34.2 Å². The minimum Gasteiger partial charge on any atom is -0.453 e. The third-order valence-corrected chi connectivity index (χ3v) is 3.39. The summed E-state index contributed by atoms with van der Waals surface area (Å²) in [5.74, 6) is -0.0274. The van der Waals surface area contributed by atoms with Gasteiger partial charge in [0, 0.05) is 9.13 Å². The highest BCUT2D eigenvalue weighted by Crippen LogP contribution is 2.37. The molecule has 0 radical (unpaired) electrons. The number of alkyl halides is 3. The van der Waals surface area contributed by atoms with E-state index >= 15 is 0 Å². The van der Waals surface area contributed by atoms with Crippen LogP contribution in [0.5, 0.6) is 5.75 Å². The van der Waals surface area contributed by atoms with Gasteiger partial charge in [0.2, 0.25) is 0 Å². The van der Waals surface area contributed by atoms with Gasteiger partial charge in [-0.15, -0.1) is 13.2 Å². The number of carbonyl (C=O) groups is 1. The monoisotopic (exact) mass is 416 g/mol. The van der Waals surface area contributed by atoms with E-state index in [0.717, 1.165) is 6.07 Å². The molecule has 8 heteroatoms. The SMILES string of the molecule is O=Cc1ccc(-c2c(Cl)cc(OC(F)(F)F)cc2I)o1. The van der Waals surface area contributed by atoms with Crippen LogP contribution in [-0.2, 0) is 0 Å². The third-order valence-electron chi connectivity index (χ3n) is 2.24. The molecule has 0 spiro atoms. The van der Waals surface area contributed by atoms with Crippen molar-refractivity contribution in [1.82, 2.24) is 0 Å². The molecule has 0 aliphatic heterocycles. The Morgan fingerprint density at radius 1 is 1.30 bits per heavy atom. The Labute approximate surface area is 129 Å². The molecule has 0 aliphatic rings. The first-order chi connectivity index (χ1) is 9.30. The molecule has 106 valence electrons. The Hall–Kier alpha value is -1.22. The Bertz CT molecular complexity index is 629. The number of benzene rings is 1. The van der Waals surface area contributed by atoms with E-state index in [1.54, 1.807) is 0 Å². The Balaban J connectivity index is 2.43. The molecule has 0 unspecified atom stereocenters. The molecule has 0 N–H and O–H groups in total. The fourth-order valence-electron chi connectivity index (χ4n) is 1.53. The van der Waals surface area contributed by atoms with Crippen LogP contribution in [0, 0.1) is 3.57 Å². The lowest BCUT2D eigenvalue weighted by atomic mass is 10.1. The van der Waals surface area contributed by atoms with E-state index < -0.39 is 12.1 Å². The predicted octanol–water partition coefficient (Wildman–Crippen LogP) is 4.92. The summed E-state index contributed by atoms with van der Waals surface area (Å²) in [6, 6.07) is 5.17. The van der Waals surface area contributed by atoms with Gasteiger partial charge in [0.25, 0.3) is 0 Å². The van der Waals surface area contributed by atoms with Crippen LogP contribution in [0.15, 0.2) is 28.7 Å². The van der Waals surface area contributed by atoms with E-state index in [9.17, 15) is 18.0 Å². The lowest BCUT2D eigenvalue weighted by Crippen LogP contribution is -2.17. The van der Waals surface area contributed by atoms with Crippen molar-refractivity contribution in [2.45, 2.75) is 6.36 Å². The highest BCUT2D eigenvalue weighted by atomic mass is 127. The second kappa shape index (κ2) is 5.65. The zero-order valence-electron chi connectivity index (χ0n) is 9.50. The van der Waals surface area contributed by atoms with E-state index in [0.29, 0.717) is 21.2 Å². The fraction of sp³-hybridized carbons (Fsp3) is 0.0833. The van der Waals surface area contributed by atoms with Crippen molar-refractivity contribution >= 4 is 40.5 Å². The maximum absolute atomic E-state index is 12.2. The summed E-state index contributed by atoms with van der Waals surface area (Å²) in [5.41, 5.74) is 0.398. The number of hydrogen-bond acceptors (Lipinski definition) is 3. The van der Waals surface area contributed by atoms with Crippen LogP contribution < -0.4 is 4.74 Å². The minimum absolute atomic E-state index is 0.0305. The summed E-state index contributed by atoms with van der Waals surface area (Å²) in [5, 5.41) is 0.0305. The summed E-state index contributed by atoms with van der Waals surface area (Å²) in [7, 11) is 0. The van der Waals surface area contributed by atoms with Crippen LogP contribution in [0.2, 0.25) is 5.02 Å². The quantitative estimate of drug-likeness (QED) is 0.527. The summed E-state index contributed by atoms with van der Waals surface area (Å²) < 4.78 is 45.9. The molecule has 1 heterocycles. The first-order valence-electron chi connectivity index (χ1n) is 5.10. The molecule has 20 heavy (non-hydrogen) atoms. The van der Waals surface area contributed by atoms with E-state index in [1.165, 1.54) is 18.2 Å². The molecule has 0 amide bonds. The molecule has 0 saturated carbocycles. The number of ether oxygens (including phenoxy) is 1. The van der Waals surface area contributed by atoms with Crippen LogP contribution in [0.25, 0.3) is 11.3 Å². The van der Waals surface area contributed by atoms with Gasteiger partial charge in [-0.3, -0.25) is 4.79 Å². The standard InChI is InChI=1S/C12H5ClF3IO3/c13-8-3-7(20-12(14,15)16)4-9(17)11(8)10-2-1-6(5-18)19-10/h1-5H. The first-order valence-corrected chi connectivity index (χ1v) is 6.56. The van der Waals surface area contributed by atoms with Gasteiger partial charge in [-0.1, -0.05) is 11.6 Å². The van der Waals surface area contributed by atoms with Crippen molar-refractivity contribution in [2.75, 3.05) is 0 Å². The molecule has 3 nitrogen and oxygen atoms in total. The van der Waals surface area contributed by atoms with E-state index in [-0.39, 0.29) is 10.8 Å².